The Kier molecular flexibility index (Phi) is 9.38. The third kappa shape index (κ3) is 5.96. The Labute approximate surface area is 249 Å². The fraction of sp³-hybridized carbons (Fsp3) is 0.500. The average Bonchev–Trinajstić information content (AvgIpc) is 3.01. The van der Waals surface area contributed by atoms with Gasteiger partial charge in [-0.15, -0.1) is 0 Å². The second-order valence-electron chi connectivity index (χ2n) is 10.4. The van der Waals surface area contributed by atoms with Gasteiger partial charge >= 0.3 is 0 Å². The van der Waals surface area contributed by atoms with Crippen LogP contribution in [0.3, 0.4) is 0 Å². The van der Waals surface area contributed by atoms with E-state index in [0.717, 1.165) is 6.08 Å². The van der Waals surface area contributed by atoms with E-state index in [-0.39, 0.29) is 45.7 Å². The van der Waals surface area contributed by atoms with Crippen molar-refractivity contribution in [2.45, 2.75) is 67.5 Å². The maximum Gasteiger partial charge on any atom is 0.229 e. The van der Waals surface area contributed by atoms with Crippen molar-refractivity contribution in [2.24, 2.45) is 0 Å². The van der Waals surface area contributed by atoms with E-state index in [2.05, 4.69) is 0 Å². The molecule has 2 fully saturated rings. The Morgan fingerprint density at radius 1 is 0.750 bits per heavy atom. The van der Waals surface area contributed by atoms with Crippen molar-refractivity contribution >= 4 is 5.76 Å². The van der Waals surface area contributed by atoms with Crippen LogP contribution in [0.4, 0.5) is 0 Å². The molecule has 242 valence electrons. The van der Waals surface area contributed by atoms with Crippen LogP contribution in [0.1, 0.15) is 5.56 Å². The molecule has 4 aliphatic rings. The van der Waals surface area contributed by atoms with E-state index in [9.17, 15) is 51.1 Å². The van der Waals surface area contributed by atoms with Crippen LogP contribution in [-0.2, 0) is 23.7 Å². The summed E-state index contributed by atoms with van der Waals surface area (Å²) < 4.78 is 34.0. The number of phenols is 1. The van der Waals surface area contributed by atoms with E-state index in [4.69, 9.17) is 28.4 Å². The Morgan fingerprint density at radius 3 is 1.91 bits per heavy atom. The predicted molar refractivity (Wildman–Crippen MR) is 143 cm³/mol. The number of methoxy groups -OCH3 is 1. The molecule has 3 heterocycles. The summed E-state index contributed by atoms with van der Waals surface area (Å²) in [5.74, 6) is -0.759. The number of rotatable bonds is 8. The smallest absolute Gasteiger partial charge is 0.229 e. The van der Waals surface area contributed by atoms with Crippen molar-refractivity contribution in [3.8, 4) is 11.5 Å². The largest absolute Gasteiger partial charge is 0.508 e. The molecule has 1 aromatic carbocycles. The van der Waals surface area contributed by atoms with Crippen molar-refractivity contribution in [1.29, 1.82) is 0 Å². The number of phenolic OH excluding ortho intramolecular Hbond substituents is 1. The first-order valence-electron chi connectivity index (χ1n) is 13.5. The highest BCUT2D eigenvalue weighted by Crippen LogP contribution is 2.41. The molecular formula is C28H34O16. The molecular weight excluding hydrogens is 592 g/mol. The minimum absolute atomic E-state index is 0.0212. The first-order chi connectivity index (χ1) is 21.0. The van der Waals surface area contributed by atoms with E-state index in [1.54, 1.807) is 0 Å². The highest BCUT2D eigenvalue weighted by molar-refractivity contribution is 5.70. The predicted octanol–water partition coefficient (Wildman–Crippen LogP) is -2.63. The summed E-state index contributed by atoms with van der Waals surface area (Å²) in [6.45, 7) is -1.42. The molecule has 0 amide bonds. The van der Waals surface area contributed by atoms with E-state index in [1.807, 2.05) is 0 Å². The molecule has 11 unspecified atom stereocenters. The molecule has 0 bridgehead atoms. The van der Waals surface area contributed by atoms with Gasteiger partial charge in [0.05, 0.1) is 20.3 Å². The number of aromatic hydroxyl groups is 1. The van der Waals surface area contributed by atoms with Gasteiger partial charge in [0, 0.05) is 23.3 Å². The second kappa shape index (κ2) is 12.9. The number of aliphatic hydroxyl groups excluding tert-OH is 9. The van der Waals surface area contributed by atoms with Gasteiger partial charge in [0.25, 0.3) is 0 Å². The van der Waals surface area contributed by atoms with Crippen LogP contribution < -0.4 is 4.74 Å². The highest BCUT2D eigenvalue weighted by Gasteiger charge is 2.47. The van der Waals surface area contributed by atoms with Crippen molar-refractivity contribution in [3.05, 3.63) is 64.8 Å². The fourth-order valence-electron chi connectivity index (χ4n) is 5.09. The zero-order valence-electron chi connectivity index (χ0n) is 23.2. The lowest BCUT2D eigenvalue weighted by atomic mass is 9.96. The molecule has 5 rings (SSSR count). The van der Waals surface area contributed by atoms with E-state index < -0.39 is 80.7 Å². The van der Waals surface area contributed by atoms with E-state index >= 15 is 0 Å². The van der Waals surface area contributed by atoms with Crippen LogP contribution in [0.25, 0.3) is 5.76 Å². The Hall–Kier alpha value is -3.42. The minimum Gasteiger partial charge on any atom is -0.508 e. The SMILES string of the molecule is COc1cc(C2=C(OC3OC(CO)C(O)C(O)C3O)C=C3C(OC4OC(CO)C(O)C(O)C4O)=CC(O)=CC3O2)ccc1O. The number of hydrogen-bond acceptors (Lipinski definition) is 16. The van der Waals surface area contributed by atoms with Crippen LogP contribution in [0, 0.1) is 0 Å². The van der Waals surface area contributed by atoms with Gasteiger partial charge in [0.2, 0.25) is 12.6 Å². The number of fused-ring (bicyclic) bond motifs is 1. The van der Waals surface area contributed by atoms with Gasteiger partial charge in [-0.3, -0.25) is 0 Å². The van der Waals surface area contributed by atoms with Crippen molar-refractivity contribution in [2.75, 3.05) is 20.3 Å². The molecule has 1 aromatic rings. The minimum atomic E-state index is -1.79. The Morgan fingerprint density at radius 2 is 1.34 bits per heavy atom. The van der Waals surface area contributed by atoms with Gasteiger partial charge in [0.1, 0.15) is 66.5 Å². The van der Waals surface area contributed by atoms with E-state index in [0.29, 0.717) is 0 Å². The fourth-order valence-corrected chi connectivity index (χ4v) is 5.09. The summed E-state index contributed by atoms with van der Waals surface area (Å²) in [6.07, 6.45) is -13.4. The maximum absolute atomic E-state index is 10.6. The summed E-state index contributed by atoms with van der Waals surface area (Å²) in [5.41, 5.74) is 0.447. The van der Waals surface area contributed by atoms with Crippen LogP contribution in [0.2, 0.25) is 0 Å². The second-order valence-corrected chi connectivity index (χ2v) is 10.4. The third-order valence-electron chi connectivity index (χ3n) is 7.57. The summed E-state index contributed by atoms with van der Waals surface area (Å²) in [5, 5.41) is 102. The molecule has 3 aliphatic heterocycles. The summed E-state index contributed by atoms with van der Waals surface area (Å²) in [4.78, 5) is 0. The number of benzene rings is 1. The number of aliphatic hydroxyl groups is 9. The lowest BCUT2D eigenvalue weighted by Crippen LogP contribution is -2.59. The van der Waals surface area contributed by atoms with E-state index in [1.165, 1.54) is 37.5 Å². The molecule has 0 radical (unpaired) electrons. The van der Waals surface area contributed by atoms with Gasteiger partial charge in [0.15, 0.2) is 23.0 Å². The van der Waals surface area contributed by atoms with Gasteiger partial charge in [-0.2, -0.15) is 0 Å². The normalized spacial score (nSPS) is 37.2. The third-order valence-corrected chi connectivity index (χ3v) is 7.57. The lowest BCUT2D eigenvalue weighted by Gasteiger charge is -2.41. The van der Waals surface area contributed by atoms with Crippen LogP contribution in [-0.4, -0.2) is 139 Å². The van der Waals surface area contributed by atoms with Gasteiger partial charge in [-0.05, 0) is 24.3 Å². The molecule has 16 heteroatoms. The standard InChI is InChI=1S/C28H34O16/c1-39-16-4-10(2-3-13(16)32)26-17(42-28-25(38)23(36)21(34)19(9-30)44-28)7-12-14(40-26)5-11(31)6-15(12)41-27-24(37)22(35)20(33)18(8-29)43-27/h2-7,14,18-25,27-38H,8-9H2,1H3. The van der Waals surface area contributed by atoms with Crippen LogP contribution in [0.5, 0.6) is 11.5 Å². The summed E-state index contributed by atoms with van der Waals surface area (Å²) in [6, 6.07) is 4.18. The molecule has 16 nitrogen and oxygen atoms in total. The van der Waals surface area contributed by atoms with Crippen molar-refractivity contribution < 1.29 is 79.5 Å². The highest BCUT2D eigenvalue weighted by atomic mass is 16.7. The number of ether oxygens (including phenoxy) is 6. The quantitative estimate of drug-likeness (QED) is 0.142. The Bertz CT molecular complexity index is 1330. The Balaban J connectivity index is 1.54. The molecule has 11 atom stereocenters. The molecule has 0 spiro atoms. The average molecular weight is 627 g/mol. The monoisotopic (exact) mass is 626 g/mol. The topological polar surface area (TPSA) is 258 Å². The van der Waals surface area contributed by atoms with Crippen LogP contribution >= 0.6 is 0 Å². The van der Waals surface area contributed by atoms with Crippen molar-refractivity contribution in [3.63, 3.8) is 0 Å². The first kappa shape index (κ1) is 32.0. The number of hydrogen-bond donors (Lipinski definition) is 10. The van der Waals surface area contributed by atoms with Gasteiger partial charge in [-0.25, -0.2) is 0 Å². The molecule has 10 N–H and O–H groups in total. The lowest BCUT2D eigenvalue weighted by molar-refractivity contribution is -0.291. The molecule has 1 aliphatic carbocycles. The molecule has 44 heavy (non-hydrogen) atoms. The number of allylic oxidation sites excluding steroid dienone is 2. The van der Waals surface area contributed by atoms with Gasteiger partial charge in [-0.1, -0.05) is 0 Å². The van der Waals surface area contributed by atoms with Crippen molar-refractivity contribution in [1.82, 2.24) is 0 Å². The zero-order valence-corrected chi connectivity index (χ0v) is 23.2. The first-order valence-corrected chi connectivity index (χ1v) is 13.5. The summed E-state index contributed by atoms with van der Waals surface area (Å²) in [7, 11) is 1.33. The molecule has 0 aromatic heterocycles. The molecule has 2 saturated heterocycles. The summed E-state index contributed by atoms with van der Waals surface area (Å²) >= 11 is 0. The maximum atomic E-state index is 10.6. The van der Waals surface area contributed by atoms with Gasteiger partial charge < -0.3 is 79.5 Å². The molecule has 0 saturated carbocycles. The van der Waals surface area contributed by atoms with Crippen LogP contribution in [0.15, 0.2) is 59.3 Å². The zero-order chi connectivity index (χ0) is 31.9.